The molecule has 0 spiro atoms. The van der Waals surface area contributed by atoms with Gasteiger partial charge in [-0.25, -0.2) is 0 Å². The fourth-order valence-corrected chi connectivity index (χ4v) is 3.99. The fourth-order valence-electron chi connectivity index (χ4n) is 3.02. The topological polar surface area (TPSA) is 93.1 Å². The van der Waals surface area contributed by atoms with Gasteiger partial charge in [0.05, 0.1) is 13.7 Å². The van der Waals surface area contributed by atoms with Crippen molar-refractivity contribution in [1.82, 2.24) is 0 Å². The number of aliphatic hydroxyl groups excluding tert-OH is 1. The zero-order chi connectivity index (χ0) is 21.6. The minimum atomic E-state index is -4.03. The Morgan fingerprint density at radius 2 is 1.79 bits per heavy atom. The zero-order valence-electron chi connectivity index (χ0n) is 17.2. The number of aliphatic hydroxyl groups is 1. The highest BCUT2D eigenvalue weighted by Gasteiger charge is 2.24. The van der Waals surface area contributed by atoms with E-state index < -0.39 is 10.1 Å². The Balaban J connectivity index is 2.41. The third kappa shape index (κ3) is 5.52. The summed E-state index contributed by atoms with van der Waals surface area (Å²) in [6.07, 6.45) is 4.92. The molecule has 0 heterocycles. The van der Waals surface area contributed by atoms with E-state index in [-0.39, 0.29) is 34.7 Å². The molecule has 0 saturated carbocycles. The Kier molecular flexibility index (Phi) is 7.70. The van der Waals surface area contributed by atoms with Crippen molar-refractivity contribution in [2.24, 2.45) is 0 Å². The standard InChI is InChI=1S/C22H28O6S/c1-15-9-11-18(12-10-15)29(25,26)28-20-14-19(16(2)8-6-5-7-13-23)21(24)22(27-4)17(20)3/h5,7,9-12,14,16,23-24H,6,8,13H2,1-4H3. The maximum Gasteiger partial charge on any atom is 0.339 e. The number of benzene rings is 2. The van der Waals surface area contributed by atoms with E-state index >= 15 is 0 Å². The molecule has 2 rings (SSSR count). The molecule has 0 amide bonds. The highest BCUT2D eigenvalue weighted by molar-refractivity contribution is 7.87. The van der Waals surface area contributed by atoms with Gasteiger partial charge in [0.15, 0.2) is 11.5 Å². The van der Waals surface area contributed by atoms with Gasteiger partial charge in [0.25, 0.3) is 0 Å². The summed E-state index contributed by atoms with van der Waals surface area (Å²) in [6, 6.07) is 7.95. The van der Waals surface area contributed by atoms with Crippen LogP contribution < -0.4 is 8.92 Å². The molecule has 0 radical (unpaired) electrons. The number of aromatic hydroxyl groups is 1. The summed E-state index contributed by atoms with van der Waals surface area (Å²) in [4.78, 5) is 0.0540. The van der Waals surface area contributed by atoms with Gasteiger partial charge in [-0.15, -0.1) is 0 Å². The van der Waals surface area contributed by atoms with E-state index in [9.17, 15) is 13.5 Å². The Bertz CT molecular complexity index is 962. The molecule has 0 saturated heterocycles. The largest absolute Gasteiger partial charge is 0.504 e. The van der Waals surface area contributed by atoms with E-state index in [1.54, 1.807) is 31.2 Å². The Morgan fingerprint density at radius 1 is 1.14 bits per heavy atom. The normalized spacial score (nSPS) is 12.9. The molecule has 7 heteroatoms. The van der Waals surface area contributed by atoms with Crippen LogP contribution in [0.4, 0.5) is 0 Å². The van der Waals surface area contributed by atoms with E-state index in [4.69, 9.17) is 14.0 Å². The summed E-state index contributed by atoms with van der Waals surface area (Å²) in [6.45, 7) is 5.41. The van der Waals surface area contributed by atoms with Crippen LogP contribution in [-0.2, 0) is 10.1 Å². The lowest BCUT2D eigenvalue weighted by molar-refractivity contribution is 0.342. The number of phenolic OH excluding ortho intramolecular Hbond substituents is 1. The summed E-state index contributed by atoms with van der Waals surface area (Å²) in [7, 11) is -2.62. The van der Waals surface area contributed by atoms with Gasteiger partial charge in [-0.2, -0.15) is 8.42 Å². The van der Waals surface area contributed by atoms with Gasteiger partial charge in [0.1, 0.15) is 10.6 Å². The van der Waals surface area contributed by atoms with Crippen LogP contribution in [0.1, 0.15) is 42.4 Å². The van der Waals surface area contributed by atoms with Crippen LogP contribution in [-0.4, -0.2) is 32.3 Å². The lowest BCUT2D eigenvalue weighted by Crippen LogP contribution is -2.11. The van der Waals surface area contributed by atoms with E-state index in [0.29, 0.717) is 24.0 Å². The van der Waals surface area contributed by atoms with Gasteiger partial charge in [0.2, 0.25) is 0 Å². The van der Waals surface area contributed by atoms with Gasteiger partial charge in [-0.1, -0.05) is 36.8 Å². The van der Waals surface area contributed by atoms with Crippen molar-refractivity contribution in [2.75, 3.05) is 13.7 Å². The number of rotatable bonds is 9. The molecule has 0 aromatic heterocycles. The predicted octanol–water partition coefficient (Wildman–Crippen LogP) is 4.22. The second-order valence-electron chi connectivity index (χ2n) is 6.95. The number of hydrogen-bond donors (Lipinski definition) is 2. The van der Waals surface area contributed by atoms with Crippen LogP contribution in [0, 0.1) is 13.8 Å². The van der Waals surface area contributed by atoms with Crippen LogP contribution in [0.25, 0.3) is 0 Å². The van der Waals surface area contributed by atoms with E-state index in [0.717, 1.165) is 5.56 Å². The minimum absolute atomic E-state index is 0.0210. The minimum Gasteiger partial charge on any atom is -0.504 e. The molecular formula is C22H28O6S. The average molecular weight is 421 g/mol. The molecule has 1 atom stereocenters. The molecule has 0 fully saturated rings. The van der Waals surface area contributed by atoms with Crippen molar-refractivity contribution in [3.05, 3.63) is 59.2 Å². The first-order valence-electron chi connectivity index (χ1n) is 9.38. The summed E-state index contributed by atoms with van der Waals surface area (Å²) in [5.74, 6) is 0.198. The monoisotopic (exact) mass is 420 g/mol. The maximum atomic E-state index is 12.7. The third-order valence-electron chi connectivity index (χ3n) is 4.77. The molecule has 0 aliphatic rings. The zero-order valence-corrected chi connectivity index (χ0v) is 18.0. The van der Waals surface area contributed by atoms with E-state index in [1.165, 1.54) is 19.2 Å². The molecule has 0 aliphatic heterocycles. The van der Waals surface area contributed by atoms with Gasteiger partial charge in [-0.3, -0.25) is 0 Å². The van der Waals surface area contributed by atoms with Gasteiger partial charge in [-0.05, 0) is 50.8 Å². The van der Waals surface area contributed by atoms with Crippen molar-refractivity contribution < 1.29 is 27.6 Å². The number of allylic oxidation sites excluding steroid dienone is 1. The first-order chi connectivity index (χ1) is 13.7. The number of hydrogen-bond acceptors (Lipinski definition) is 6. The van der Waals surface area contributed by atoms with E-state index in [1.807, 2.05) is 19.9 Å². The smallest absolute Gasteiger partial charge is 0.339 e. The van der Waals surface area contributed by atoms with Crippen LogP contribution in [0.15, 0.2) is 47.4 Å². The molecule has 0 aliphatic carbocycles. The van der Waals surface area contributed by atoms with Crippen molar-refractivity contribution in [3.63, 3.8) is 0 Å². The second kappa shape index (κ2) is 9.80. The molecule has 2 N–H and O–H groups in total. The fraction of sp³-hybridized carbons (Fsp3) is 0.364. The highest BCUT2D eigenvalue weighted by atomic mass is 32.2. The highest BCUT2D eigenvalue weighted by Crippen LogP contribution is 2.44. The predicted molar refractivity (Wildman–Crippen MR) is 112 cm³/mol. The molecule has 2 aromatic carbocycles. The Labute approximate surface area is 172 Å². The van der Waals surface area contributed by atoms with Crippen LogP contribution in [0.2, 0.25) is 0 Å². The van der Waals surface area contributed by atoms with Crippen molar-refractivity contribution in [3.8, 4) is 17.2 Å². The third-order valence-corrected chi connectivity index (χ3v) is 6.02. The first kappa shape index (κ1) is 22.8. The van der Waals surface area contributed by atoms with Crippen molar-refractivity contribution in [1.29, 1.82) is 0 Å². The van der Waals surface area contributed by atoms with Gasteiger partial charge >= 0.3 is 10.1 Å². The molecule has 29 heavy (non-hydrogen) atoms. The maximum absolute atomic E-state index is 12.7. The molecular weight excluding hydrogens is 392 g/mol. The lowest BCUT2D eigenvalue weighted by atomic mass is 9.93. The van der Waals surface area contributed by atoms with Crippen LogP contribution in [0.3, 0.4) is 0 Å². The van der Waals surface area contributed by atoms with Gasteiger partial charge in [0, 0.05) is 11.1 Å². The molecule has 0 bridgehead atoms. The lowest BCUT2D eigenvalue weighted by Gasteiger charge is -2.19. The quantitative estimate of drug-likeness (QED) is 0.466. The number of phenols is 1. The summed E-state index contributed by atoms with van der Waals surface area (Å²) in [5, 5.41) is 19.5. The molecule has 2 aromatic rings. The first-order valence-corrected chi connectivity index (χ1v) is 10.8. The number of methoxy groups -OCH3 is 1. The average Bonchev–Trinajstić information content (AvgIpc) is 2.68. The summed E-state index contributed by atoms with van der Waals surface area (Å²) < 4.78 is 36.2. The molecule has 6 nitrogen and oxygen atoms in total. The number of ether oxygens (including phenoxy) is 1. The van der Waals surface area contributed by atoms with Crippen molar-refractivity contribution >= 4 is 10.1 Å². The Hall–Kier alpha value is -2.51. The van der Waals surface area contributed by atoms with Crippen LogP contribution >= 0.6 is 0 Å². The van der Waals surface area contributed by atoms with Crippen molar-refractivity contribution in [2.45, 2.75) is 44.4 Å². The second-order valence-corrected chi connectivity index (χ2v) is 8.50. The SMILES string of the molecule is COc1c(C)c(OS(=O)(=O)c2ccc(C)cc2)cc(C(C)CCC=CCO)c1O. The Morgan fingerprint density at radius 3 is 2.38 bits per heavy atom. The van der Waals surface area contributed by atoms with Crippen LogP contribution in [0.5, 0.6) is 17.2 Å². The molecule has 1 unspecified atom stereocenters. The van der Waals surface area contributed by atoms with E-state index in [2.05, 4.69) is 0 Å². The van der Waals surface area contributed by atoms with Gasteiger partial charge < -0.3 is 19.1 Å². The number of aryl methyl sites for hydroxylation is 1. The summed E-state index contributed by atoms with van der Waals surface area (Å²) in [5.41, 5.74) is 1.88. The summed E-state index contributed by atoms with van der Waals surface area (Å²) >= 11 is 0. The molecule has 158 valence electrons.